The van der Waals surface area contributed by atoms with Gasteiger partial charge in [-0.1, -0.05) is 37.6 Å². The molecule has 3 rings (SSSR count). The molecular formula is C17H17ClO3. The molecule has 1 aromatic carbocycles. The first-order chi connectivity index (χ1) is 9.91. The number of benzene rings is 1. The van der Waals surface area contributed by atoms with E-state index in [2.05, 4.69) is 0 Å². The largest absolute Gasteiger partial charge is 0.493 e. The number of ether oxygens (including phenoxy) is 1. The number of carbonyl (C=O) groups excluding carboxylic acids is 2. The average molecular weight is 305 g/mol. The Morgan fingerprint density at radius 3 is 2.33 bits per heavy atom. The van der Waals surface area contributed by atoms with Gasteiger partial charge in [-0.15, -0.1) is 0 Å². The van der Waals surface area contributed by atoms with Gasteiger partial charge >= 0.3 is 0 Å². The van der Waals surface area contributed by atoms with Crippen LogP contribution in [0, 0.1) is 17.3 Å². The zero-order chi connectivity index (χ0) is 15.4. The van der Waals surface area contributed by atoms with Crippen molar-refractivity contribution >= 4 is 23.2 Å². The maximum atomic E-state index is 12.7. The van der Waals surface area contributed by atoms with Gasteiger partial charge in [0, 0.05) is 22.9 Å². The molecule has 4 heteroatoms. The van der Waals surface area contributed by atoms with Crippen molar-refractivity contribution < 1.29 is 14.3 Å². The van der Waals surface area contributed by atoms with Gasteiger partial charge in [-0.25, -0.2) is 0 Å². The van der Waals surface area contributed by atoms with Gasteiger partial charge in [0.2, 0.25) is 5.78 Å². The summed E-state index contributed by atoms with van der Waals surface area (Å²) >= 11 is 5.93. The topological polar surface area (TPSA) is 43.4 Å². The monoisotopic (exact) mass is 304 g/mol. The molecule has 2 aliphatic rings. The Hall–Kier alpha value is -1.61. The van der Waals surface area contributed by atoms with Crippen LogP contribution in [-0.2, 0) is 14.3 Å². The van der Waals surface area contributed by atoms with Crippen LogP contribution in [0.25, 0.3) is 0 Å². The molecule has 1 fully saturated rings. The zero-order valence-electron chi connectivity index (χ0n) is 12.2. The number of hydrogen-bond acceptors (Lipinski definition) is 3. The molecule has 0 radical (unpaired) electrons. The van der Waals surface area contributed by atoms with E-state index in [1.54, 1.807) is 0 Å². The predicted molar refractivity (Wildman–Crippen MR) is 80.1 cm³/mol. The van der Waals surface area contributed by atoms with Crippen LogP contribution in [0.5, 0.6) is 0 Å². The van der Waals surface area contributed by atoms with Crippen LogP contribution < -0.4 is 0 Å². The lowest BCUT2D eigenvalue weighted by Crippen LogP contribution is -2.61. The first-order valence-corrected chi connectivity index (χ1v) is 7.39. The number of hydrogen-bond donors (Lipinski definition) is 0. The molecule has 4 atom stereocenters. The van der Waals surface area contributed by atoms with E-state index in [9.17, 15) is 9.59 Å². The normalized spacial score (nSPS) is 34.9. The van der Waals surface area contributed by atoms with Gasteiger partial charge in [-0.2, -0.15) is 0 Å². The third kappa shape index (κ3) is 1.80. The molecule has 0 N–H and O–H groups in total. The molecule has 1 unspecified atom stereocenters. The Morgan fingerprint density at radius 2 is 1.76 bits per heavy atom. The van der Waals surface area contributed by atoms with Crippen molar-refractivity contribution in [2.24, 2.45) is 17.3 Å². The molecule has 0 spiro atoms. The van der Waals surface area contributed by atoms with E-state index in [0.29, 0.717) is 5.02 Å². The van der Waals surface area contributed by atoms with Gasteiger partial charge in [0.05, 0.1) is 12.5 Å². The van der Waals surface area contributed by atoms with Crippen molar-refractivity contribution in [3.63, 3.8) is 0 Å². The van der Waals surface area contributed by atoms with Crippen LogP contribution in [0.15, 0.2) is 36.1 Å². The molecule has 1 saturated carbocycles. The smallest absolute Gasteiger partial charge is 0.204 e. The van der Waals surface area contributed by atoms with E-state index in [4.69, 9.17) is 16.3 Å². The Kier molecular flexibility index (Phi) is 3.21. The highest BCUT2D eigenvalue weighted by molar-refractivity contribution is 6.30. The summed E-state index contributed by atoms with van der Waals surface area (Å²) in [6.07, 6.45) is 1.35. The molecule has 110 valence electrons. The SMILES string of the molecule is COC1=CC(=O)C2[C@@H](C)[C@H](c3ccc(Cl)cc3)[C@@]2(C)C1=O. The first kappa shape index (κ1) is 14.3. The summed E-state index contributed by atoms with van der Waals surface area (Å²) in [6, 6.07) is 7.52. The highest BCUT2D eigenvalue weighted by atomic mass is 35.5. The summed E-state index contributed by atoms with van der Waals surface area (Å²) in [4.78, 5) is 25.0. The molecule has 2 aliphatic carbocycles. The molecule has 21 heavy (non-hydrogen) atoms. The standard InChI is InChI=1S/C17H17ClO3/c1-9-14(10-4-6-11(18)7-5-10)17(2)15(9)12(19)8-13(21-3)16(17)20/h4-9,14-15H,1-3H3/t9-,14+,15?,17+/m0/s1. The summed E-state index contributed by atoms with van der Waals surface area (Å²) in [5, 5.41) is 0.663. The van der Waals surface area contributed by atoms with Crippen molar-refractivity contribution in [1.82, 2.24) is 0 Å². The van der Waals surface area contributed by atoms with E-state index >= 15 is 0 Å². The number of ketones is 2. The van der Waals surface area contributed by atoms with Crippen molar-refractivity contribution in [1.29, 1.82) is 0 Å². The van der Waals surface area contributed by atoms with Crippen LogP contribution in [0.4, 0.5) is 0 Å². The molecular weight excluding hydrogens is 288 g/mol. The van der Waals surface area contributed by atoms with Gasteiger partial charge in [-0.3, -0.25) is 9.59 Å². The maximum Gasteiger partial charge on any atom is 0.204 e. The lowest BCUT2D eigenvalue weighted by Gasteiger charge is -2.58. The zero-order valence-corrected chi connectivity index (χ0v) is 13.0. The van der Waals surface area contributed by atoms with Crippen molar-refractivity contribution in [2.45, 2.75) is 19.8 Å². The molecule has 3 nitrogen and oxygen atoms in total. The fraction of sp³-hybridized carbons (Fsp3) is 0.412. The Bertz CT molecular complexity index is 647. The average Bonchev–Trinajstić information content (AvgIpc) is 2.45. The second kappa shape index (κ2) is 4.70. The number of Topliss-reactive ketones (excluding diaryl/α,β-unsaturated/α-hetero) is 1. The lowest BCUT2D eigenvalue weighted by atomic mass is 9.42. The quantitative estimate of drug-likeness (QED) is 0.841. The van der Waals surface area contributed by atoms with E-state index in [-0.39, 0.29) is 35.1 Å². The van der Waals surface area contributed by atoms with Gasteiger partial charge in [0.25, 0.3) is 0 Å². The van der Waals surface area contributed by atoms with Crippen LogP contribution in [0.2, 0.25) is 5.02 Å². The molecule has 0 heterocycles. The molecule has 0 aliphatic heterocycles. The summed E-state index contributed by atoms with van der Waals surface area (Å²) < 4.78 is 5.10. The number of methoxy groups -OCH3 is 1. The fourth-order valence-corrected chi connectivity index (χ4v) is 4.34. The second-order valence-corrected chi connectivity index (χ2v) is 6.53. The Balaban J connectivity index is 2.06. The van der Waals surface area contributed by atoms with Crippen molar-refractivity contribution in [3.8, 4) is 0 Å². The summed E-state index contributed by atoms with van der Waals surface area (Å²) in [7, 11) is 1.43. The van der Waals surface area contributed by atoms with E-state index in [1.165, 1.54) is 13.2 Å². The van der Waals surface area contributed by atoms with E-state index < -0.39 is 5.41 Å². The van der Waals surface area contributed by atoms with Gasteiger partial charge in [0.15, 0.2) is 11.5 Å². The van der Waals surface area contributed by atoms with Gasteiger partial charge in [-0.05, 0) is 23.6 Å². The van der Waals surface area contributed by atoms with Crippen LogP contribution in [0.1, 0.15) is 25.3 Å². The second-order valence-electron chi connectivity index (χ2n) is 6.09. The molecule has 1 aromatic rings. The van der Waals surface area contributed by atoms with Crippen LogP contribution in [0.3, 0.4) is 0 Å². The Morgan fingerprint density at radius 1 is 1.14 bits per heavy atom. The number of halogens is 1. The summed E-state index contributed by atoms with van der Waals surface area (Å²) in [5.74, 6) is -0.0362. The molecule has 0 bridgehead atoms. The predicted octanol–water partition coefficient (Wildman–Crippen LogP) is 3.38. The third-order valence-corrected chi connectivity index (χ3v) is 5.34. The fourth-order valence-electron chi connectivity index (χ4n) is 4.22. The minimum atomic E-state index is -0.718. The molecule has 0 amide bonds. The lowest BCUT2D eigenvalue weighted by molar-refractivity contribution is -0.159. The minimum Gasteiger partial charge on any atom is -0.493 e. The highest BCUT2D eigenvalue weighted by Crippen LogP contribution is 2.63. The number of rotatable bonds is 2. The number of carbonyl (C=O) groups is 2. The van der Waals surface area contributed by atoms with Gasteiger partial charge < -0.3 is 4.74 Å². The van der Waals surface area contributed by atoms with Gasteiger partial charge in [0.1, 0.15) is 0 Å². The van der Waals surface area contributed by atoms with Crippen molar-refractivity contribution in [2.75, 3.05) is 7.11 Å². The first-order valence-electron chi connectivity index (χ1n) is 7.01. The molecule has 0 saturated heterocycles. The van der Waals surface area contributed by atoms with Crippen LogP contribution >= 0.6 is 11.6 Å². The molecule has 0 aromatic heterocycles. The summed E-state index contributed by atoms with van der Waals surface area (Å²) in [6.45, 7) is 3.91. The minimum absolute atomic E-state index is 0.00772. The van der Waals surface area contributed by atoms with E-state index in [1.807, 2.05) is 38.1 Å². The Labute approximate surface area is 128 Å². The number of fused-ring (bicyclic) bond motifs is 1. The maximum absolute atomic E-state index is 12.7. The summed E-state index contributed by atoms with van der Waals surface area (Å²) in [5.41, 5.74) is 0.328. The van der Waals surface area contributed by atoms with Crippen LogP contribution in [-0.4, -0.2) is 18.7 Å². The van der Waals surface area contributed by atoms with Crippen molar-refractivity contribution in [3.05, 3.63) is 46.7 Å². The highest BCUT2D eigenvalue weighted by Gasteiger charge is 2.66. The van der Waals surface area contributed by atoms with E-state index in [0.717, 1.165) is 5.56 Å². The third-order valence-electron chi connectivity index (χ3n) is 5.09. The number of allylic oxidation sites excluding steroid dienone is 2.